The van der Waals surface area contributed by atoms with E-state index < -0.39 is 10.0 Å². The topological polar surface area (TPSA) is 109 Å². The normalized spacial score (nSPS) is 19.7. The van der Waals surface area contributed by atoms with Crippen LogP contribution in [-0.2, 0) is 24.3 Å². The van der Waals surface area contributed by atoms with E-state index in [-0.39, 0.29) is 34.9 Å². The van der Waals surface area contributed by atoms with E-state index in [0.717, 1.165) is 0 Å². The summed E-state index contributed by atoms with van der Waals surface area (Å²) in [6.45, 7) is 3.23. The minimum absolute atomic E-state index is 0.107. The molecule has 4 rings (SSSR count). The number of sulfonamides is 1. The van der Waals surface area contributed by atoms with Gasteiger partial charge in [-0.25, -0.2) is 13.4 Å². The number of rotatable bonds is 5. The average molecular weight is 477 g/mol. The van der Waals surface area contributed by atoms with E-state index >= 15 is 0 Å². The number of amides is 2. The van der Waals surface area contributed by atoms with Crippen LogP contribution in [0, 0.1) is 0 Å². The number of fused-ring (bicyclic) bond motifs is 1. The highest BCUT2D eigenvalue weighted by Crippen LogP contribution is 2.32. The van der Waals surface area contributed by atoms with Crippen molar-refractivity contribution in [2.75, 3.05) is 42.3 Å². The molecule has 0 radical (unpaired) electrons. The van der Waals surface area contributed by atoms with Crippen LogP contribution in [-0.4, -0.2) is 67.6 Å². The molecule has 2 aliphatic heterocycles. The van der Waals surface area contributed by atoms with Gasteiger partial charge in [0.15, 0.2) is 0 Å². The fourth-order valence-electron chi connectivity index (χ4n) is 3.71. The number of hydrogen-bond acceptors (Lipinski definition) is 7. The Balaban J connectivity index is 1.44. The summed E-state index contributed by atoms with van der Waals surface area (Å²) in [4.78, 5) is 31.2. The summed E-state index contributed by atoms with van der Waals surface area (Å²) in [5.41, 5.74) is 1.27. The number of anilines is 2. The van der Waals surface area contributed by atoms with Gasteiger partial charge in [0.2, 0.25) is 21.8 Å². The van der Waals surface area contributed by atoms with E-state index in [0.29, 0.717) is 42.7 Å². The van der Waals surface area contributed by atoms with E-state index in [9.17, 15) is 18.0 Å². The van der Waals surface area contributed by atoms with Crippen molar-refractivity contribution in [1.29, 1.82) is 0 Å². The molecule has 0 bridgehead atoms. The quantitative estimate of drug-likeness (QED) is 0.657. The number of para-hydroxylation sites is 2. The molecule has 1 aromatic carbocycles. The van der Waals surface area contributed by atoms with Gasteiger partial charge in [0.05, 0.1) is 35.4 Å². The third-order valence-corrected chi connectivity index (χ3v) is 8.10. The average Bonchev–Trinajstić information content (AvgIpc) is 2.92. The zero-order valence-corrected chi connectivity index (χ0v) is 19.2. The van der Waals surface area contributed by atoms with Crippen LogP contribution in [0.3, 0.4) is 0 Å². The number of hydrogen-bond donors (Lipinski definition) is 1. The number of carbonyl (C=O) groups excluding carboxylic acids is 2. The summed E-state index contributed by atoms with van der Waals surface area (Å²) >= 11 is 1.23. The summed E-state index contributed by atoms with van der Waals surface area (Å²) < 4.78 is 32.0. The predicted octanol–water partition coefficient (Wildman–Crippen LogP) is 1.96. The van der Waals surface area contributed by atoms with Crippen molar-refractivity contribution in [3.8, 4) is 0 Å². The van der Waals surface area contributed by atoms with Gasteiger partial charge in [-0.3, -0.25) is 9.59 Å². The first-order valence-electron chi connectivity index (χ1n) is 10.2. The Bertz CT molecular complexity index is 1100. The van der Waals surface area contributed by atoms with Gasteiger partial charge in [-0.05, 0) is 31.2 Å². The fraction of sp³-hybridized carbons (Fsp3) is 0.381. The lowest BCUT2D eigenvalue weighted by Gasteiger charge is -2.27. The van der Waals surface area contributed by atoms with Crippen molar-refractivity contribution < 1.29 is 22.7 Å². The highest BCUT2D eigenvalue weighted by atomic mass is 32.2. The van der Waals surface area contributed by atoms with Crippen molar-refractivity contribution in [3.05, 3.63) is 42.6 Å². The second-order valence-electron chi connectivity index (χ2n) is 7.52. The number of pyridine rings is 1. The van der Waals surface area contributed by atoms with E-state index in [1.165, 1.54) is 28.3 Å². The Morgan fingerprint density at radius 2 is 1.97 bits per heavy atom. The van der Waals surface area contributed by atoms with Crippen molar-refractivity contribution in [1.82, 2.24) is 9.29 Å². The first-order chi connectivity index (χ1) is 15.4. The van der Waals surface area contributed by atoms with Crippen LogP contribution in [0.4, 0.5) is 11.4 Å². The molecule has 2 aromatic rings. The van der Waals surface area contributed by atoms with Crippen LogP contribution in [0.1, 0.15) is 13.3 Å². The van der Waals surface area contributed by atoms with Crippen molar-refractivity contribution >= 4 is 45.0 Å². The first-order valence-corrected chi connectivity index (χ1v) is 12.7. The van der Waals surface area contributed by atoms with Gasteiger partial charge in [-0.2, -0.15) is 4.31 Å². The maximum atomic E-state index is 13.1. The Hall–Kier alpha value is -2.47. The summed E-state index contributed by atoms with van der Waals surface area (Å²) in [7, 11) is -3.61. The largest absolute Gasteiger partial charge is 0.379 e. The first kappa shape index (κ1) is 22.7. The molecule has 3 heterocycles. The second kappa shape index (κ2) is 9.57. The maximum absolute atomic E-state index is 13.1. The number of ether oxygens (including phenoxy) is 1. The molecular weight excluding hydrogens is 452 g/mol. The molecular formula is C21H24N4O5S2. The summed E-state index contributed by atoms with van der Waals surface area (Å²) in [5.74, 6) is -0.181. The van der Waals surface area contributed by atoms with Crippen LogP contribution in [0.5, 0.6) is 0 Å². The third kappa shape index (κ3) is 4.80. The molecule has 11 heteroatoms. The maximum Gasteiger partial charge on any atom is 0.244 e. The molecule has 1 fully saturated rings. The number of carbonyl (C=O) groups is 2. The molecule has 2 aliphatic rings. The SMILES string of the molecule is CC1CC(=O)Nc2ccccc2N1C(=O)CSc1ccc(S(=O)(=O)N2CCOCC2)cn1. The zero-order chi connectivity index (χ0) is 22.7. The monoisotopic (exact) mass is 476 g/mol. The van der Waals surface area contributed by atoms with Gasteiger partial charge >= 0.3 is 0 Å². The molecule has 0 saturated carbocycles. The lowest BCUT2D eigenvalue weighted by atomic mass is 10.2. The summed E-state index contributed by atoms with van der Waals surface area (Å²) in [6.07, 6.45) is 1.53. The molecule has 0 aliphatic carbocycles. The number of benzene rings is 1. The molecule has 1 saturated heterocycles. The Morgan fingerprint density at radius 1 is 1.22 bits per heavy atom. The van der Waals surface area contributed by atoms with Gasteiger partial charge in [0.25, 0.3) is 0 Å². The Labute approximate surface area is 191 Å². The zero-order valence-electron chi connectivity index (χ0n) is 17.6. The molecule has 1 atom stereocenters. The lowest BCUT2D eigenvalue weighted by molar-refractivity contribution is -0.117. The standard InChI is InChI=1S/C21H24N4O5S2/c1-15-12-19(26)23-17-4-2-3-5-18(17)25(15)21(27)14-31-20-7-6-16(13-22-20)32(28,29)24-8-10-30-11-9-24/h2-7,13,15H,8-12,14H2,1H3,(H,23,26). The molecule has 0 spiro atoms. The highest BCUT2D eigenvalue weighted by Gasteiger charge is 2.30. The van der Waals surface area contributed by atoms with Crippen LogP contribution in [0.15, 0.2) is 52.5 Å². The number of nitrogens with one attached hydrogen (secondary N) is 1. The van der Waals surface area contributed by atoms with Crippen LogP contribution in [0.2, 0.25) is 0 Å². The second-order valence-corrected chi connectivity index (χ2v) is 10.5. The van der Waals surface area contributed by atoms with Crippen molar-refractivity contribution in [3.63, 3.8) is 0 Å². The molecule has 1 unspecified atom stereocenters. The third-order valence-electron chi connectivity index (χ3n) is 5.29. The van der Waals surface area contributed by atoms with Crippen molar-refractivity contribution in [2.45, 2.75) is 29.3 Å². The molecule has 32 heavy (non-hydrogen) atoms. The predicted molar refractivity (Wildman–Crippen MR) is 121 cm³/mol. The number of morpholine rings is 1. The number of thioether (sulfide) groups is 1. The van der Waals surface area contributed by atoms with E-state index in [4.69, 9.17) is 4.74 Å². The van der Waals surface area contributed by atoms with Crippen LogP contribution in [0.25, 0.3) is 0 Å². The summed E-state index contributed by atoms with van der Waals surface area (Å²) in [6, 6.07) is 10.0. The Morgan fingerprint density at radius 3 is 2.69 bits per heavy atom. The molecule has 1 N–H and O–H groups in total. The number of aromatic nitrogens is 1. The Kier molecular flexibility index (Phi) is 6.79. The van der Waals surface area contributed by atoms with E-state index in [1.807, 2.05) is 25.1 Å². The highest BCUT2D eigenvalue weighted by molar-refractivity contribution is 7.99. The van der Waals surface area contributed by atoms with Crippen molar-refractivity contribution in [2.24, 2.45) is 0 Å². The smallest absolute Gasteiger partial charge is 0.244 e. The molecule has 2 amide bonds. The lowest BCUT2D eigenvalue weighted by Crippen LogP contribution is -2.40. The van der Waals surface area contributed by atoms with Gasteiger partial charge < -0.3 is 15.0 Å². The van der Waals surface area contributed by atoms with Gasteiger partial charge in [-0.15, -0.1) is 0 Å². The van der Waals surface area contributed by atoms with Gasteiger partial charge in [0, 0.05) is 31.7 Å². The van der Waals surface area contributed by atoms with Crippen LogP contribution < -0.4 is 10.2 Å². The fourth-order valence-corrected chi connectivity index (χ4v) is 5.77. The molecule has 1 aromatic heterocycles. The summed E-state index contributed by atoms with van der Waals surface area (Å²) in [5, 5.41) is 3.38. The van der Waals surface area contributed by atoms with Gasteiger partial charge in [-0.1, -0.05) is 23.9 Å². The minimum atomic E-state index is -3.61. The molecule has 170 valence electrons. The molecule has 9 nitrogen and oxygen atoms in total. The van der Waals surface area contributed by atoms with E-state index in [1.54, 1.807) is 17.0 Å². The minimum Gasteiger partial charge on any atom is -0.379 e. The van der Waals surface area contributed by atoms with Crippen LogP contribution >= 0.6 is 11.8 Å². The van der Waals surface area contributed by atoms with Gasteiger partial charge in [0.1, 0.15) is 4.90 Å². The van der Waals surface area contributed by atoms with E-state index in [2.05, 4.69) is 10.3 Å². The number of nitrogens with zero attached hydrogens (tertiary/aromatic N) is 3.